The number of hydrogen-bond donors (Lipinski definition) is 1. The molecule has 0 amide bonds. The first-order valence-corrected chi connectivity index (χ1v) is 7.29. The average Bonchev–Trinajstić information content (AvgIpc) is 2.81. The molecule has 1 N–H and O–H groups in total. The molecule has 0 radical (unpaired) electrons. The van der Waals surface area contributed by atoms with E-state index in [1.165, 1.54) is 29.5 Å². The van der Waals surface area contributed by atoms with Crippen molar-refractivity contribution in [1.82, 2.24) is 0 Å². The molecule has 0 atom stereocenters. The minimum atomic E-state index is -1.10. The third kappa shape index (κ3) is 3.68. The Kier molecular flexibility index (Phi) is 4.92. The molecular formula is C14H10BrFO3S. The number of benzene rings is 1. The summed E-state index contributed by atoms with van der Waals surface area (Å²) in [6.45, 7) is 0.215. The van der Waals surface area contributed by atoms with Crippen molar-refractivity contribution in [2.45, 2.75) is 6.61 Å². The van der Waals surface area contributed by atoms with E-state index in [0.29, 0.717) is 5.56 Å². The zero-order chi connectivity index (χ0) is 14.5. The van der Waals surface area contributed by atoms with Crippen LogP contribution in [-0.4, -0.2) is 11.1 Å². The molecule has 1 aromatic heterocycles. The van der Waals surface area contributed by atoms with Gasteiger partial charge in [-0.2, -0.15) is 0 Å². The lowest BCUT2D eigenvalue weighted by Crippen LogP contribution is -1.98. The van der Waals surface area contributed by atoms with E-state index in [0.717, 1.165) is 15.4 Å². The molecule has 0 saturated heterocycles. The number of carbonyl (C=O) groups is 1. The van der Waals surface area contributed by atoms with Crippen LogP contribution in [0, 0.1) is 5.82 Å². The highest BCUT2D eigenvalue weighted by atomic mass is 79.9. The molecule has 2 aromatic rings. The molecule has 2 rings (SSSR count). The van der Waals surface area contributed by atoms with Gasteiger partial charge in [0.1, 0.15) is 6.61 Å². The van der Waals surface area contributed by atoms with Gasteiger partial charge < -0.3 is 9.84 Å². The maximum Gasteiger partial charge on any atom is 0.328 e. The molecule has 0 spiro atoms. The van der Waals surface area contributed by atoms with Crippen LogP contribution in [0.15, 0.2) is 40.2 Å². The van der Waals surface area contributed by atoms with Crippen LogP contribution in [-0.2, 0) is 11.4 Å². The first-order chi connectivity index (χ1) is 9.58. The summed E-state index contributed by atoms with van der Waals surface area (Å²) in [4.78, 5) is 11.5. The Hall–Kier alpha value is -1.66. The molecule has 0 aliphatic rings. The highest BCUT2D eigenvalue weighted by Gasteiger charge is 2.10. The third-order valence-electron chi connectivity index (χ3n) is 2.44. The van der Waals surface area contributed by atoms with Crippen molar-refractivity contribution in [3.8, 4) is 5.75 Å². The van der Waals surface area contributed by atoms with E-state index in [9.17, 15) is 9.18 Å². The lowest BCUT2D eigenvalue weighted by atomic mass is 10.2. The summed E-state index contributed by atoms with van der Waals surface area (Å²) in [5.41, 5.74) is 0.389. The molecule has 0 aliphatic carbocycles. The fourth-order valence-electron chi connectivity index (χ4n) is 1.54. The second kappa shape index (κ2) is 6.67. The molecule has 0 aliphatic heterocycles. The lowest BCUT2D eigenvalue weighted by Gasteiger charge is -2.09. The molecule has 0 bridgehead atoms. The van der Waals surface area contributed by atoms with Gasteiger partial charge in [-0.3, -0.25) is 0 Å². The zero-order valence-corrected chi connectivity index (χ0v) is 12.6. The largest absolute Gasteiger partial charge is 0.484 e. The smallest absolute Gasteiger partial charge is 0.328 e. The molecule has 1 heterocycles. The van der Waals surface area contributed by atoms with Crippen molar-refractivity contribution >= 4 is 39.3 Å². The summed E-state index contributed by atoms with van der Waals surface area (Å²) in [7, 11) is 0. The van der Waals surface area contributed by atoms with E-state index < -0.39 is 11.8 Å². The second-order valence-corrected chi connectivity index (χ2v) is 5.67. The fraction of sp³-hybridized carbons (Fsp3) is 0.0714. The zero-order valence-electron chi connectivity index (χ0n) is 10.2. The molecule has 1 aromatic carbocycles. The van der Waals surface area contributed by atoms with Crippen LogP contribution in [0.25, 0.3) is 6.08 Å². The van der Waals surface area contributed by atoms with Gasteiger partial charge in [-0.05, 0) is 39.5 Å². The first kappa shape index (κ1) is 14.7. The summed E-state index contributed by atoms with van der Waals surface area (Å²) in [5.74, 6) is -1.57. The van der Waals surface area contributed by atoms with Crippen molar-refractivity contribution in [3.63, 3.8) is 0 Å². The predicted molar refractivity (Wildman–Crippen MR) is 79.4 cm³/mol. The maximum absolute atomic E-state index is 13.8. The quantitative estimate of drug-likeness (QED) is 0.811. The van der Waals surface area contributed by atoms with Crippen molar-refractivity contribution in [2.24, 2.45) is 0 Å². The number of carboxylic acid groups (broad SMARTS) is 1. The standard InChI is InChI=1S/C14H10BrFO3S/c15-10-6-7-20-12(10)8-19-14-9(4-5-13(17)18)2-1-3-11(14)16/h1-7H,8H2,(H,17,18)/b5-4+. The SMILES string of the molecule is O=C(O)/C=C/c1cccc(F)c1OCc1sccc1Br. The van der Waals surface area contributed by atoms with E-state index in [2.05, 4.69) is 15.9 Å². The topological polar surface area (TPSA) is 46.5 Å². The van der Waals surface area contributed by atoms with Crippen LogP contribution in [0.4, 0.5) is 4.39 Å². The third-order valence-corrected chi connectivity index (χ3v) is 4.34. The Morgan fingerprint density at radius 2 is 2.25 bits per heavy atom. The molecule has 6 heteroatoms. The highest BCUT2D eigenvalue weighted by Crippen LogP contribution is 2.28. The van der Waals surface area contributed by atoms with Gasteiger partial charge >= 0.3 is 5.97 Å². The molecular weight excluding hydrogens is 347 g/mol. The Balaban J connectivity index is 2.22. The van der Waals surface area contributed by atoms with Crippen molar-refractivity contribution in [1.29, 1.82) is 0 Å². The monoisotopic (exact) mass is 356 g/mol. The van der Waals surface area contributed by atoms with Crippen LogP contribution in [0.5, 0.6) is 5.75 Å². The number of thiophene rings is 1. The minimum absolute atomic E-state index is 0.0466. The molecule has 0 unspecified atom stereocenters. The fourth-order valence-corrected chi connectivity index (χ4v) is 2.91. The Morgan fingerprint density at radius 1 is 1.45 bits per heavy atom. The van der Waals surface area contributed by atoms with Gasteiger partial charge in [0.15, 0.2) is 11.6 Å². The molecule has 20 heavy (non-hydrogen) atoms. The summed E-state index contributed by atoms with van der Waals surface area (Å²) >= 11 is 4.86. The number of aliphatic carboxylic acids is 1. The number of halogens is 2. The molecule has 3 nitrogen and oxygen atoms in total. The van der Waals surface area contributed by atoms with Gasteiger partial charge in [0.25, 0.3) is 0 Å². The molecule has 0 saturated carbocycles. The van der Waals surface area contributed by atoms with E-state index in [-0.39, 0.29) is 12.4 Å². The van der Waals surface area contributed by atoms with Gasteiger partial charge in [0, 0.05) is 16.1 Å². The second-order valence-electron chi connectivity index (χ2n) is 3.81. The van der Waals surface area contributed by atoms with Gasteiger partial charge in [-0.1, -0.05) is 12.1 Å². The average molecular weight is 357 g/mol. The maximum atomic E-state index is 13.8. The Morgan fingerprint density at radius 3 is 2.90 bits per heavy atom. The first-order valence-electron chi connectivity index (χ1n) is 5.62. The predicted octanol–water partition coefficient (Wildman–Crippen LogP) is 4.33. The number of para-hydroxylation sites is 1. The van der Waals surface area contributed by atoms with Crippen molar-refractivity contribution in [2.75, 3.05) is 0 Å². The van der Waals surface area contributed by atoms with E-state index in [4.69, 9.17) is 9.84 Å². The van der Waals surface area contributed by atoms with Crippen molar-refractivity contribution in [3.05, 3.63) is 56.5 Å². The number of carboxylic acids is 1. The van der Waals surface area contributed by atoms with E-state index in [1.807, 2.05) is 11.4 Å². The summed E-state index contributed by atoms with van der Waals surface area (Å²) < 4.78 is 20.2. The summed E-state index contributed by atoms with van der Waals surface area (Å²) in [6, 6.07) is 6.26. The summed E-state index contributed by atoms with van der Waals surface area (Å²) in [5, 5.41) is 10.5. The van der Waals surface area contributed by atoms with Gasteiger partial charge in [0.05, 0.1) is 4.88 Å². The minimum Gasteiger partial charge on any atom is -0.484 e. The lowest BCUT2D eigenvalue weighted by molar-refractivity contribution is -0.131. The number of hydrogen-bond acceptors (Lipinski definition) is 3. The van der Waals surface area contributed by atoms with Gasteiger partial charge in [-0.15, -0.1) is 11.3 Å². The van der Waals surface area contributed by atoms with Gasteiger partial charge in [0.2, 0.25) is 0 Å². The van der Waals surface area contributed by atoms with Crippen molar-refractivity contribution < 1.29 is 19.0 Å². The molecule has 0 fully saturated rings. The van der Waals surface area contributed by atoms with E-state index >= 15 is 0 Å². The van der Waals surface area contributed by atoms with Gasteiger partial charge in [-0.25, -0.2) is 9.18 Å². The van der Waals surface area contributed by atoms with Crippen LogP contribution < -0.4 is 4.74 Å². The summed E-state index contributed by atoms with van der Waals surface area (Å²) in [6.07, 6.45) is 2.26. The van der Waals surface area contributed by atoms with Crippen LogP contribution in [0.2, 0.25) is 0 Å². The van der Waals surface area contributed by atoms with E-state index in [1.54, 1.807) is 6.07 Å². The Labute approximate surface area is 127 Å². The number of ether oxygens (including phenoxy) is 1. The normalized spacial score (nSPS) is 10.9. The Bertz CT molecular complexity index is 652. The van der Waals surface area contributed by atoms with Crippen LogP contribution in [0.3, 0.4) is 0 Å². The van der Waals surface area contributed by atoms with Crippen LogP contribution in [0.1, 0.15) is 10.4 Å². The highest BCUT2D eigenvalue weighted by molar-refractivity contribution is 9.10. The number of rotatable bonds is 5. The molecule has 104 valence electrons. The van der Waals surface area contributed by atoms with Crippen LogP contribution >= 0.6 is 27.3 Å².